The summed E-state index contributed by atoms with van der Waals surface area (Å²) < 4.78 is 5.88. The smallest absolute Gasteiger partial charge is 0.311 e. The molecule has 1 aromatic carbocycles. The number of ether oxygens (including phenoxy) is 1. The number of carbonyl (C=O) groups excluding carboxylic acids is 2. The molecule has 0 fully saturated rings. The van der Waals surface area contributed by atoms with Crippen molar-refractivity contribution in [2.45, 2.75) is 26.2 Å². The summed E-state index contributed by atoms with van der Waals surface area (Å²) >= 11 is 3.25. The van der Waals surface area contributed by atoms with Crippen molar-refractivity contribution < 1.29 is 14.3 Å². The van der Waals surface area contributed by atoms with Gasteiger partial charge in [-0.2, -0.15) is 0 Å². The number of esters is 1. The maximum atomic E-state index is 11.4. The summed E-state index contributed by atoms with van der Waals surface area (Å²) in [5, 5.41) is 0. The van der Waals surface area contributed by atoms with Gasteiger partial charge in [-0.1, -0.05) is 29.3 Å². The molecular formula is C12H13BrO3. The van der Waals surface area contributed by atoms with Gasteiger partial charge in [0, 0.05) is 10.9 Å². The van der Waals surface area contributed by atoms with Gasteiger partial charge in [0.15, 0.2) is 6.29 Å². The molecule has 1 rings (SSSR count). The minimum Gasteiger partial charge on any atom is -0.426 e. The van der Waals surface area contributed by atoms with Crippen LogP contribution in [0, 0.1) is 0 Å². The van der Waals surface area contributed by atoms with E-state index in [1.54, 1.807) is 18.2 Å². The molecule has 0 amide bonds. The third-order valence-corrected chi connectivity index (χ3v) is 2.55. The van der Waals surface area contributed by atoms with Crippen molar-refractivity contribution in [1.29, 1.82) is 0 Å². The Bertz CT molecular complexity index is 388. The maximum absolute atomic E-state index is 11.4. The number of rotatable bonds is 5. The molecule has 16 heavy (non-hydrogen) atoms. The molecule has 0 aliphatic carbocycles. The number of carbonyl (C=O) groups is 2. The maximum Gasteiger partial charge on any atom is 0.311 e. The van der Waals surface area contributed by atoms with Crippen LogP contribution < -0.4 is 4.74 Å². The first-order valence-electron chi connectivity index (χ1n) is 5.12. The molecule has 86 valence electrons. The van der Waals surface area contributed by atoms with Gasteiger partial charge >= 0.3 is 5.97 Å². The van der Waals surface area contributed by atoms with Crippen LogP contribution in [0.4, 0.5) is 0 Å². The fourth-order valence-corrected chi connectivity index (χ4v) is 1.58. The van der Waals surface area contributed by atoms with E-state index in [-0.39, 0.29) is 5.97 Å². The van der Waals surface area contributed by atoms with Crippen LogP contribution in [0.3, 0.4) is 0 Å². The highest BCUT2D eigenvalue weighted by Crippen LogP contribution is 2.22. The van der Waals surface area contributed by atoms with Crippen LogP contribution in [0.2, 0.25) is 0 Å². The lowest BCUT2D eigenvalue weighted by molar-refractivity contribution is -0.134. The second-order valence-corrected chi connectivity index (χ2v) is 4.29. The van der Waals surface area contributed by atoms with Gasteiger partial charge in [0.1, 0.15) is 5.75 Å². The molecule has 0 spiro atoms. The van der Waals surface area contributed by atoms with Crippen LogP contribution in [-0.2, 0) is 4.79 Å². The molecule has 0 N–H and O–H groups in total. The lowest BCUT2D eigenvalue weighted by Crippen LogP contribution is -2.08. The highest BCUT2D eigenvalue weighted by Gasteiger charge is 2.08. The van der Waals surface area contributed by atoms with Gasteiger partial charge in [-0.3, -0.25) is 9.59 Å². The number of aldehydes is 1. The minimum atomic E-state index is -0.299. The quantitative estimate of drug-likeness (QED) is 0.473. The monoisotopic (exact) mass is 284 g/mol. The van der Waals surface area contributed by atoms with Crippen molar-refractivity contribution in [3.8, 4) is 5.75 Å². The van der Waals surface area contributed by atoms with Crippen molar-refractivity contribution in [3.63, 3.8) is 0 Å². The topological polar surface area (TPSA) is 43.4 Å². The van der Waals surface area contributed by atoms with E-state index in [0.29, 0.717) is 24.0 Å². The first kappa shape index (κ1) is 12.9. The average molecular weight is 285 g/mol. The molecule has 0 aliphatic heterocycles. The Hall–Kier alpha value is -1.16. The highest BCUT2D eigenvalue weighted by atomic mass is 79.9. The molecule has 0 bridgehead atoms. The molecule has 3 nitrogen and oxygen atoms in total. The summed E-state index contributed by atoms with van der Waals surface area (Å²) in [5.41, 5.74) is 0.374. The van der Waals surface area contributed by atoms with Gasteiger partial charge in [0.05, 0.1) is 5.56 Å². The van der Waals surface area contributed by atoms with Crippen LogP contribution in [0.1, 0.15) is 36.5 Å². The average Bonchev–Trinajstić information content (AvgIpc) is 2.28. The van der Waals surface area contributed by atoms with Gasteiger partial charge in [0.2, 0.25) is 0 Å². The summed E-state index contributed by atoms with van der Waals surface area (Å²) in [4.78, 5) is 22.1. The zero-order valence-electron chi connectivity index (χ0n) is 9.03. The third kappa shape index (κ3) is 3.77. The predicted octanol–water partition coefficient (Wildman–Crippen LogP) is 3.36. The predicted molar refractivity (Wildman–Crippen MR) is 64.7 cm³/mol. The van der Waals surface area contributed by atoms with E-state index in [0.717, 1.165) is 17.3 Å². The van der Waals surface area contributed by atoms with Gasteiger partial charge in [-0.25, -0.2) is 0 Å². The Morgan fingerprint density at radius 3 is 2.88 bits per heavy atom. The number of unbranched alkanes of at least 4 members (excludes halogenated alkanes) is 1. The summed E-state index contributed by atoms with van der Waals surface area (Å²) in [6, 6.07) is 4.96. The van der Waals surface area contributed by atoms with Crippen LogP contribution in [0.15, 0.2) is 22.7 Å². The molecule has 0 atom stereocenters. The van der Waals surface area contributed by atoms with Crippen LogP contribution in [0.5, 0.6) is 5.75 Å². The number of hydrogen-bond donors (Lipinski definition) is 0. The van der Waals surface area contributed by atoms with Gasteiger partial charge in [0.25, 0.3) is 0 Å². The second-order valence-electron chi connectivity index (χ2n) is 3.38. The molecule has 0 radical (unpaired) electrons. The van der Waals surface area contributed by atoms with Crippen molar-refractivity contribution in [1.82, 2.24) is 0 Å². The standard InChI is InChI=1S/C12H13BrO3/c1-2-3-4-12(15)16-11-6-5-10(13)7-9(11)8-14/h5-8H,2-4H2,1H3. The van der Waals surface area contributed by atoms with E-state index in [2.05, 4.69) is 15.9 Å². The molecule has 0 aromatic heterocycles. The van der Waals surface area contributed by atoms with E-state index < -0.39 is 0 Å². The van der Waals surface area contributed by atoms with Crippen LogP contribution in [0.25, 0.3) is 0 Å². The summed E-state index contributed by atoms with van der Waals surface area (Å²) in [5.74, 6) is 0.0200. The van der Waals surface area contributed by atoms with Crippen molar-refractivity contribution in [2.24, 2.45) is 0 Å². The van der Waals surface area contributed by atoms with E-state index in [4.69, 9.17) is 4.74 Å². The summed E-state index contributed by atoms with van der Waals surface area (Å²) in [7, 11) is 0. The summed E-state index contributed by atoms with van der Waals surface area (Å²) in [6.07, 6.45) is 2.79. The van der Waals surface area contributed by atoms with Crippen molar-refractivity contribution in [2.75, 3.05) is 0 Å². The van der Waals surface area contributed by atoms with E-state index in [1.165, 1.54) is 0 Å². The largest absolute Gasteiger partial charge is 0.426 e. The van der Waals surface area contributed by atoms with E-state index >= 15 is 0 Å². The van der Waals surface area contributed by atoms with Gasteiger partial charge < -0.3 is 4.74 Å². The van der Waals surface area contributed by atoms with Crippen LogP contribution >= 0.6 is 15.9 Å². The van der Waals surface area contributed by atoms with Crippen molar-refractivity contribution >= 4 is 28.2 Å². The lowest BCUT2D eigenvalue weighted by atomic mass is 10.2. The second kappa shape index (κ2) is 6.43. The highest BCUT2D eigenvalue weighted by molar-refractivity contribution is 9.10. The fraction of sp³-hybridized carbons (Fsp3) is 0.333. The number of benzene rings is 1. The molecule has 4 heteroatoms. The molecule has 0 saturated heterocycles. The Kier molecular flexibility index (Phi) is 5.19. The minimum absolute atomic E-state index is 0.299. The fourth-order valence-electron chi connectivity index (χ4n) is 1.20. The Balaban J connectivity index is 2.72. The van der Waals surface area contributed by atoms with E-state index in [9.17, 15) is 9.59 Å². The molecule has 1 aromatic rings. The molecule has 0 heterocycles. The molecule has 0 aliphatic rings. The first-order chi connectivity index (χ1) is 7.67. The zero-order valence-corrected chi connectivity index (χ0v) is 10.6. The number of hydrogen-bond acceptors (Lipinski definition) is 3. The molecule has 0 saturated carbocycles. The van der Waals surface area contributed by atoms with Gasteiger partial charge in [-0.05, 0) is 24.6 Å². The third-order valence-electron chi connectivity index (χ3n) is 2.06. The number of halogens is 1. The SMILES string of the molecule is CCCCC(=O)Oc1ccc(Br)cc1C=O. The lowest BCUT2D eigenvalue weighted by Gasteiger charge is -2.06. The van der Waals surface area contributed by atoms with Crippen molar-refractivity contribution in [3.05, 3.63) is 28.2 Å². The Morgan fingerprint density at radius 1 is 1.50 bits per heavy atom. The first-order valence-corrected chi connectivity index (χ1v) is 5.92. The van der Waals surface area contributed by atoms with Crippen LogP contribution in [-0.4, -0.2) is 12.3 Å². The normalized spacial score (nSPS) is 9.88. The summed E-state index contributed by atoms with van der Waals surface area (Å²) in [6.45, 7) is 2.00. The Labute approximate surface area is 103 Å². The Morgan fingerprint density at radius 2 is 2.25 bits per heavy atom. The van der Waals surface area contributed by atoms with Gasteiger partial charge in [-0.15, -0.1) is 0 Å². The van der Waals surface area contributed by atoms with E-state index in [1.807, 2.05) is 6.92 Å². The zero-order chi connectivity index (χ0) is 12.0. The molecular weight excluding hydrogens is 272 g/mol. The molecule has 0 unspecified atom stereocenters.